The SMILES string of the molecule is COc1ccc(CN2CCc3c(Br)ncc(C)c3C2=O)cc1. The lowest BCUT2D eigenvalue weighted by atomic mass is 9.97. The summed E-state index contributed by atoms with van der Waals surface area (Å²) in [4.78, 5) is 18.9. The summed E-state index contributed by atoms with van der Waals surface area (Å²) >= 11 is 3.45. The van der Waals surface area contributed by atoms with E-state index in [9.17, 15) is 4.79 Å². The number of ether oxygens (including phenoxy) is 1. The van der Waals surface area contributed by atoms with Crippen molar-refractivity contribution in [2.45, 2.75) is 19.9 Å². The Morgan fingerprint density at radius 3 is 2.73 bits per heavy atom. The van der Waals surface area contributed by atoms with Gasteiger partial charge in [-0.15, -0.1) is 0 Å². The van der Waals surface area contributed by atoms with Crippen molar-refractivity contribution in [2.75, 3.05) is 13.7 Å². The molecule has 0 unspecified atom stereocenters. The Kier molecular flexibility index (Phi) is 4.16. The number of pyridine rings is 1. The molecule has 1 amide bonds. The van der Waals surface area contributed by atoms with E-state index in [1.807, 2.05) is 36.1 Å². The zero-order valence-corrected chi connectivity index (χ0v) is 14.2. The molecule has 2 aromatic rings. The fourth-order valence-corrected chi connectivity index (χ4v) is 3.27. The molecule has 0 N–H and O–H groups in total. The lowest BCUT2D eigenvalue weighted by Gasteiger charge is -2.30. The number of aryl methyl sites for hydroxylation is 1. The highest BCUT2D eigenvalue weighted by Gasteiger charge is 2.28. The van der Waals surface area contributed by atoms with Crippen LogP contribution >= 0.6 is 15.9 Å². The highest BCUT2D eigenvalue weighted by Crippen LogP contribution is 2.28. The molecule has 1 aromatic heterocycles. The molecule has 0 aliphatic carbocycles. The first-order valence-electron chi connectivity index (χ1n) is 7.16. The Balaban J connectivity index is 1.85. The van der Waals surface area contributed by atoms with Crippen molar-refractivity contribution in [3.05, 3.63) is 57.3 Å². The third kappa shape index (κ3) is 2.73. The van der Waals surface area contributed by atoms with Crippen LogP contribution in [0, 0.1) is 6.92 Å². The molecule has 0 saturated carbocycles. The number of nitrogens with zero attached hydrogens (tertiary/aromatic N) is 2. The predicted octanol–water partition coefficient (Wildman–Crippen LogP) is 3.36. The van der Waals surface area contributed by atoms with E-state index in [0.29, 0.717) is 13.1 Å². The molecule has 1 aliphatic rings. The Bertz CT molecular complexity index is 713. The monoisotopic (exact) mass is 360 g/mol. The normalized spacial score (nSPS) is 14.0. The van der Waals surface area contributed by atoms with Crippen LogP contribution in [0.3, 0.4) is 0 Å². The van der Waals surface area contributed by atoms with Gasteiger partial charge in [-0.25, -0.2) is 4.98 Å². The van der Waals surface area contributed by atoms with Crippen molar-refractivity contribution in [3.63, 3.8) is 0 Å². The van der Waals surface area contributed by atoms with Crippen LogP contribution in [0.15, 0.2) is 35.1 Å². The number of carbonyl (C=O) groups is 1. The molecule has 4 nitrogen and oxygen atoms in total. The average molecular weight is 361 g/mol. The maximum Gasteiger partial charge on any atom is 0.254 e. The summed E-state index contributed by atoms with van der Waals surface area (Å²) in [6, 6.07) is 7.83. The molecule has 0 atom stereocenters. The Hall–Kier alpha value is -1.88. The van der Waals surface area contributed by atoms with Gasteiger partial charge in [0.05, 0.1) is 7.11 Å². The fraction of sp³-hybridized carbons (Fsp3) is 0.294. The van der Waals surface area contributed by atoms with E-state index in [4.69, 9.17) is 4.74 Å². The third-order valence-electron chi connectivity index (χ3n) is 3.98. The van der Waals surface area contributed by atoms with E-state index in [-0.39, 0.29) is 5.91 Å². The van der Waals surface area contributed by atoms with E-state index in [2.05, 4.69) is 20.9 Å². The van der Waals surface area contributed by atoms with E-state index >= 15 is 0 Å². The number of amides is 1. The summed E-state index contributed by atoms with van der Waals surface area (Å²) in [7, 11) is 1.65. The van der Waals surface area contributed by atoms with Crippen molar-refractivity contribution in [1.29, 1.82) is 0 Å². The first-order chi connectivity index (χ1) is 10.6. The van der Waals surface area contributed by atoms with Gasteiger partial charge in [0.2, 0.25) is 0 Å². The first kappa shape index (κ1) is 15.0. The summed E-state index contributed by atoms with van der Waals surface area (Å²) in [6.07, 6.45) is 2.57. The summed E-state index contributed by atoms with van der Waals surface area (Å²) < 4.78 is 5.95. The highest BCUT2D eigenvalue weighted by atomic mass is 79.9. The van der Waals surface area contributed by atoms with Crippen LogP contribution in [0.2, 0.25) is 0 Å². The molecule has 1 aliphatic heterocycles. The van der Waals surface area contributed by atoms with Crippen LogP contribution in [0.4, 0.5) is 0 Å². The largest absolute Gasteiger partial charge is 0.497 e. The molecular formula is C17H17BrN2O2. The number of aromatic nitrogens is 1. The number of fused-ring (bicyclic) bond motifs is 1. The van der Waals surface area contributed by atoms with Crippen LogP contribution in [0.25, 0.3) is 0 Å². The Labute approximate surface area is 138 Å². The Morgan fingerprint density at radius 1 is 1.32 bits per heavy atom. The van der Waals surface area contributed by atoms with Crippen molar-refractivity contribution in [3.8, 4) is 5.75 Å². The number of carbonyl (C=O) groups excluding carboxylic acids is 1. The molecular weight excluding hydrogens is 344 g/mol. The number of hydrogen-bond acceptors (Lipinski definition) is 3. The van der Waals surface area contributed by atoms with Gasteiger partial charge >= 0.3 is 0 Å². The molecule has 5 heteroatoms. The third-order valence-corrected chi connectivity index (χ3v) is 4.67. The number of halogens is 1. The lowest BCUT2D eigenvalue weighted by Crippen LogP contribution is -2.38. The Morgan fingerprint density at radius 2 is 2.05 bits per heavy atom. The number of methoxy groups -OCH3 is 1. The van der Waals surface area contributed by atoms with Gasteiger partial charge in [0.1, 0.15) is 10.4 Å². The van der Waals surface area contributed by atoms with Crippen molar-refractivity contribution in [2.24, 2.45) is 0 Å². The molecule has 1 aromatic carbocycles. The molecule has 0 radical (unpaired) electrons. The fourth-order valence-electron chi connectivity index (χ4n) is 2.77. The van der Waals surface area contributed by atoms with Gasteiger partial charge in [-0.3, -0.25) is 4.79 Å². The lowest BCUT2D eigenvalue weighted by molar-refractivity contribution is 0.0725. The first-order valence-corrected chi connectivity index (χ1v) is 7.95. The number of rotatable bonds is 3. The maximum absolute atomic E-state index is 12.8. The van der Waals surface area contributed by atoms with Crippen LogP contribution in [-0.4, -0.2) is 29.4 Å². The van der Waals surface area contributed by atoms with Gasteiger partial charge in [0.15, 0.2) is 0 Å². The molecule has 0 saturated heterocycles. The van der Waals surface area contributed by atoms with E-state index in [0.717, 1.165) is 39.0 Å². The molecule has 0 spiro atoms. The minimum Gasteiger partial charge on any atom is -0.497 e. The van der Waals surface area contributed by atoms with Crippen molar-refractivity contribution in [1.82, 2.24) is 9.88 Å². The van der Waals surface area contributed by atoms with Crippen LogP contribution in [0.5, 0.6) is 5.75 Å². The van der Waals surface area contributed by atoms with Gasteiger partial charge in [0.25, 0.3) is 5.91 Å². The van der Waals surface area contributed by atoms with E-state index in [1.165, 1.54) is 0 Å². The highest BCUT2D eigenvalue weighted by molar-refractivity contribution is 9.10. The zero-order chi connectivity index (χ0) is 15.7. The standard InChI is InChI=1S/C17H17BrN2O2/c1-11-9-19-16(18)14-7-8-20(17(21)15(11)14)10-12-3-5-13(22-2)6-4-12/h3-6,9H,7-8,10H2,1-2H3. The summed E-state index contributed by atoms with van der Waals surface area (Å²) in [5, 5.41) is 0. The van der Waals surface area contributed by atoms with Gasteiger partial charge in [-0.1, -0.05) is 12.1 Å². The van der Waals surface area contributed by atoms with Gasteiger partial charge in [0, 0.05) is 24.8 Å². The number of benzene rings is 1. The van der Waals surface area contributed by atoms with Crippen molar-refractivity contribution >= 4 is 21.8 Å². The minimum atomic E-state index is 0.0812. The molecule has 114 valence electrons. The topological polar surface area (TPSA) is 42.4 Å². The van der Waals surface area contributed by atoms with Crippen LogP contribution in [-0.2, 0) is 13.0 Å². The van der Waals surface area contributed by atoms with Crippen molar-refractivity contribution < 1.29 is 9.53 Å². The zero-order valence-electron chi connectivity index (χ0n) is 12.6. The van der Waals surface area contributed by atoms with Crippen LogP contribution in [0.1, 0.15) is 27.0 Å². The summed E-state index contributed by atoms with van der Waals surface area (Å²) in [5.41, 5.74) is 3.85. The second-order valence-electron chi connectivity index (χ2n) is 5.41. The average Bonchev–Trinajstić information content (AvgIpc) is 2.54. The number of hydrogen-bond donors (Lipinski definition) is 0. The maximum atomic E-state index is 12.8. The van der Waals surface area contributed by atoms with Gasteiger partial charge in [-0.2, -0.15) is 0 Å². The summed E-state index contributed by atoms with van der Waals surface area (Å²) in [6.45, 7) is 3.26. The van der Waals surface area contributed by atoms with E-state index in [1.54, 1.807) is 13.3 Å². The molecule has 3 rings (SSSR count). The predicted molar refractivity (Wildman–Crippen MR) is 88.1 cm³/mol. The van der Waals surface area contributed by atoms with E-state index < -0.39 is 0 Å². The minimum absolute atomic E-state index is 0.0812. The second-order valence-corrected chi connectivity index (χ2v) is 6.16. The molecule has 0 fully saturated rings. The summed E-state index contributed by atoms with van der Waals surface area (Å²) in [5.74, 6) is 0.905. The van der Waals surface area contributed by atoms with Gasteiger partial charge < -0.3 is 9.64 Å². The van der Waals surface area contributed by atoms with Gasteiger partial charge in [-0.05, 0) is 58.1 Å². The van der Waals surface area contributed by atoms with Crippen LogP contribution < -0.4 is 4.74 Å². The molecule has 2 heterocycles. The smallest absolute Gasteiger partial charge is 0.254 e. The molecule has 0 bridgehead atoms. The molecule has 22 heavy (non-hydrogen) atoms. The second kappa shape index (κ2) is 6.08. The quantitative estimate of drug-likeness (QED) is 0.788.